The van der Waals surface area contributed by atoms with E-state index in [0.29, 0.717) is 17.8 Å². The number of carbonyl (C=O) groups is 1. The van der Waals surface area contributed by atoms with Crippen molar-refractivity contribution in [3.8, 4) is 0 Å². The maximum Gasteiger partial charge on any atom is 0.226 e. The van der Waals surface area contributed by atoms with Gasteiger partial charge in [-0.3, -0.25) is 4.79 Å². The average molecular weight is 232 g/mol. The summed E-state index contributed by atoms with van der Waals surface area (Å²) in [6.07, 6.45) is 3.45. The van der Waals surface area contributed by atoms with Gasteiger partial charge in [0.15, 0.2) is 0 Å². The Balaban J connectivity index is 2.45. The van der Waals surface area contributed by atoms with E-state index in [1.165, 1.54) is 12.8 Å². The van der Waals surface area contributed by atoms with Gasteiger partial charge in [0.25, 0.3) is 0 Å². The minimum atomic E-state index is -0.0283. The van der Waals surface area contributed by atoms with Crippen LogP contribution in [0.15, 0.2) is 0 Å². The second kappa shape index (κ2) is 5.74. The lowest BCUT2D eigenvalue weighted by Crippen LogP contribution is -2.38. The van der Waals surface area contributed by atoms with E-state index in [0.717, 1.165) is 13.0 Å². The van der Waals surface area contributed by atoms with Gasteiger partial charge in [-0.2, -0.15) is 0 Å². The van der Waals surface area contributed by atoms with E-state index < -0.39 is 0 Å². The Hall–Kier alpha value is -0.240. The van der Waals surface area contributed by atoms with Crippen LogP contribution in [-0.2, 0) is 4.79 Å². The summed E-state index contributed by atoms with van der Waals surface area (Å²) in [4.78, 5) is 14.1. The summed E-state index contributed by atoms with van der Waals surface area (Å²) in [7, 11) is 0. The Labute approximate surface area is 98.0 Å². The molecule has 1 aliphatic carbocycles. The molecule has 0 aromatic rings. The van der Waals surface area contributed by atoms with Gasteiger partial charge in [0.05, 0.1) is 0 Å². The zero-order chi connectivity index (χ0) is 11.4. The van der Waals surface area contributed by atoms with Crippen LogP contribution < -0.4 is 0 Å². The molecule has 0 radical (unpaired) electrons. The largest absolute Gasteiger partial charge is 0.339 e. The molecule has 0 heterocycles. The Kier molecular flexibility index (Phi) is 4.91. The molecule has 1 saturated carbocycles. The number of hydrogen-bond donors (Lipinski definition) is 0. The van der Waals surface area contributed by atoms with E-state index in [4.69, 9.17) is 11.6 Å². The Morgan fingerprint density at radius 3 is 2.40 bits per heavy atom. The highest BCUT2D eigenvalue weighted by Gasteiger charge is 2.33. The van der Waals surface area contributed by atoms with Crippen LogP contribution in [0.3, 0.4) is 0 Å². The third-order valence-corrected chi connectivity index (χ3v) is 3.33. The first-order valence-corrected chi connectivity index (χ1v) is 6.46. The zero-order valence-corrected chi connectivity index (χ0v) is 10.8. The molecule has 0 spiro atoms. The second-order valence-corrected chi connectivity index (χ2v) is 5.31. The number of alkyl halides is 1. The lowest BCUT2D eigenvalue weighted by molar-refractivity contribution is -0.135. The van der Waals surface area contributed by atoms with Crippen molar-refractivity contribution in [2.45, 2.75) is 46.1 Å². The highest BCUT2D eigenvalue weighted by atomic mass is 35.5. The minimum Gasteiger partial charge on any atom is -0.339 e. The molecule has 0 aromatic heterocycles. The fourth-order valence-corrected chi connectivity index (χ4v) is 1.74. The Morgan fingerprint density at radius 1 is 1.40 bits per heavy atom. The van der Waals surface area contributed by atoms with E-state index in [1.54, 1.807) is 0 Å². The summed E-state index contributed by atoms with van der Waals surface area (Å²) in [5.74, 6) is 1.31. The van der Waals surface area contributed by atoms with Gasteiger partial charge in [-0.15, -0.1) is 11.6 Å². The van der Waals surface area contributed by atoms with E-state index >= 15 is 0 Å². The molecule has 1 fully saturated rings. The van der Waals surface area contributed by atoms with Crippen molar-refractivity contribution in [2.75, 3.05) is 12.4 Å². The van der Waals surface area contributed by atoms with Crippen molar-refractivity contribution in [1.82, 2.24) is 4.90 Å². The molecule has 0 aromatic carbocycles. The van der Waals surface area contributed by atoms with Crippen LogP contribution in [0.1, 0.15) is 40.0 Å². The molecule has 2 nitrogen and oxygen atoms in total. The van der Waals surface area contributed by atoms with Gasteiger partial charge in [-0.1, -0.05) is 20.8 Å². The predicted molar refractivity (Wildman–Crippen MR) is 64.1 cm³/mol. The van der Waals surface area contributed by atoms with Crippen LogP contribution in [-0.4, -0.2) is 29.3 Å². The van der Waals surface area contributed by atoms with Crippen LogP contribution in [0.2, 0.25) is 0 Å². The van der Waals surface area contributed by atoms with Gasteiger partial charge in [-0.05, 0) is 25.2 Å². The number of carbonyl (C=O) groups excluding carboxylic acids is 1. The fraction of sp³-hybridized carbons (Fsp3) is 0.917. The van der Waals surface area contributed by atoms with Gasteiger partial charge in [0, 0.05) is 24.4 Å². The Morgan fingerprint density at radius 2 is 2.00 bits per heavy atom. The van der Waals surface area contributed by atoms with Crippen molar-refractivity contribution >= 4 is 17.5 Å². The SMILES string of the molecule is CC(C)CCN(C(=O)C(C)CCl)C1CC1. The average Bonchev–Trinajstić information content (AvgIpc) is 3.00. The topological polar surface area (TPSA) is 20.3 Å². The predicted octanol–water partition coefficient (Wildman–Crippen LogP) is 2.90. The standard InChI is InChI=1S/C12H22ClNO/c1-9(2)6-7-14(11-4-5-11)12(15)10(3)8-13/h9-11H,4-8H2,1-3H3. The number of halogens is 1. The van der Waals surface area contributed by atoms with Gasteiger partial charge >= 0.3 is 0 Å². The summed E-state index contributed by atoms with van der Waals surface area (Å²) in [6, 6.07) is 0.516. The van der Waals surface area contributed by atoms with Crippen LogP contribution in [0.4, 0.5) is 0 Å². The summed E-state index contributed by atoms with van der Waals surface area (Å²) in [5, 5.41) is 0. The molecule has 1 aliphatic rings. The molecule has 0 saturated heterocycles. The molecule has 1 rings (SSSR count). The summed E-state index contributed by atoms with van der Waals surface area (Å²) < 4.78 is 0. The molecule has 3 heteroatoms. The monoisotopic (exact) mass is 231 g/mol. The molecule has 0 N–H and O–H groups in total. The van der Waals surface area contributed by atoms with Gasteiger partial charge in [-0.25, -0.2) is 0 Å². The molecule has 0 bridgehead atoms. The maximum absolute atomic E-state index is 12.0. The molecule has 1 atom stereocenters. The summed E-state index contributed by atoms with van der Waals surface area (Å²) >= 11 is 5.73. The van der Waals surface area contributed by atoms with Gasteiger partial charge in [0.1, 0.15) is 0 Å². The van der Waals surface area contributed by atoms with Crippen molar-refractivity contribution in [3.05, 3.63) is 0 Å². The molecule has 88 valence electrons. The highest BCUT2D eigenvalue weighted by Crippen LogP contribution is 2.28. The molecule has 0 aliphatic heterocycles. The van der Waals surface area contributed by atoms with Crippen molar-refractivity contribution < 1.29 is 4.79 Å². The van der Waals surface area contributed by atoms with Crippen molar-refractivity contribution in [3.63, 3.8) is 0 Å². The Bertz CT molecular complexity index is 214. The van der Waals surface area contributed by atoms with Crippen LogP contribution in [0, 0.1) is 11.8 Å². The van der Waals surface area contributed by atoms with Crippen LogP contribution in [0.5, 0.6) is 0 Å². The fourth-order valence-electron chi connectivity index (χ4n) is 1.61. The van der Waals surface area contributed by atoms with E-state index in [2.05, 4.69) is 13.8 Å². The molecule has 1 unspecified atom stereocenters. The van der Waals surface area contributed by atoms with Gasteiger partial charge < -0.3 is 4.90 Å². The number of amides is 1. The maximum atomic E-state index is 12.0. The van der Waals surface area contributed by atoms with Crippen molar-refractivity contribution in [1.29, 1.82) is 0 Å². The number of rotatable bonds is 6. The molecule has 15 heavy (non-hydrogen) atoms. The zero-order valence-electron chi connectivity index (χ0n) is 10.0. The lowest BCUT2D eigenvalue weighted by atomic mass is 10.1. The van der Waals surface area contributed by atoms with E-state index in [-0.39, 0.29) is 11.8 Å². The first-order chi connectivity index (χ1) is 7.06. The van der Waals surface area contributed by atoms with Crippen LogP contribution in [0.25, 0.3) is 0 Å². The third-order valence-electron chi connectivity index (χ3n) is 2.87. The normalized spacial score (nSPS) is 17.9. The second-order valence-electron chi connectivity index (χ2n) is 5.00. The summed E-state index contributed by atoms with van der Waals surface area (Å²) in [5.41, 5.74) is 0. The third kappa shape index (κ3) is 4.02. The molecular formula is C12H22ClNO. The molecular weight excluding hydrogens is 210 g/mol. The lowest BCUT2D eigenvalue weighted by Gasteiger charge is -2.25. The highest BCUT2D eigenvalue weighted by molar-refractivity contribution is 6.19. The smallest absolute Gasteiger partial charge is 0.226 e. The quantitative estimate of drug-likeness (QED) is 0.644. The number of hydrogen-bond acceptors (Lipinski definition) is 1. The first-order valence-electron chi connectivity index (χ1n) is 5.92. The number of nitrogens with zero attached hydrogens (tertiary/aromatic N) is 1. The first kappa shape index (κ1) is 12.8. The van der Waals surface area contributed by atoms with Crippen LogP contribution >= 0.6 is 11.6 Å². The van der Waals surface area contributed by atoms with E-state index in [9.17, 15) is 4.79 Å². The molecule has 1 amide bonds. The van der Waals surface area contributed by atoms with Gasteiger partial charge in [0.2, 0.25) is 5.91 Å². The van der Waals surface area contributed by atoms with Crippen molar-refractivity contribution in [2.24, 2.45) is 11.8 Å². The summed E-state index contributed by atoms with van der Waals surface area (Å²) in [6.45, 7) is 7.21. The minimum absolute atomic E-state index is 0.0283. The van der Waals surface area contributed by atoms with E-state index in [1.807, 2.05) is 11.8 Å².